The maximum atomic E-state index is 10.2. The second kappa shape index (κ2) is 6.69. The fourth-order valence-corrected chi connectivity index (χ4v) is 0.938. The van der Waals surface area contributed by atoms with Crippen molar-refractivity contribution >= 4 is 5.97 Å². The van der Waals surface area contributed by atoms with Crippen LogP contribution in [0.5, 0.6) is 0 Å². The van der Waals surface area contributed by atoms with Crippen LogP contribution in [-0.2, 0) is 0 Å². The molecule has 0 saturated carbocycles. The predicted octanol–water partition coefficient (Wildman–Crippen LogP) is 1.73. The lowest BCUT2D eigenvalue weighted by Crippen LogP contribution is -1.93. The van der Waals surface area contributed by atoms with Gasteiger partial charge in [0.05, 0.1) is 5.56 Å². The second-order valence-electron chi connectivity index (χ2n) is 2.86. The van der Waals surface area contributed by atoms with Gasteiger partial charge in [-0.25, -0.2) is 14.8 Å². The second-order valence-corrected chi connectivity index (χ2v) is 2.86. The number of carboxylic acids is 1. The molecule has 0 saturated heterocycles. The van der Waals surface area contributed by atoms with Crippen LogP contribution in [0.3, 0.4) is 0 Å². The Bertz CT molecular complexity index is 506. The summed E-state index contributed by atoms with van der Waals surface area (Å²) in [5.74, 6) is -0.664. The number of carboxylic acid groups (broad SMARTS) is 1. The third-order valence-corrected chi connectivity index (χ3v) is 1.69. The van der Waals surface area contributed by atoms with E-state index in [-0.39, 0.29) is 5.82 Å². The molecule has 1 aromatic heterocycles. The molecule has 0 fully saturated rings. The van der Waals surface area contributed by atoms with Gasteiger partial charge in [0.15, 0.2) is 0 Å². The summed E-state index contributed by atoms with van der Waals surface area (Å²) in [6.45, 7) is 0. The Kier molecular flexibility index (Phi) is 4.85. The maximum Gasteiger partial charge on any atom is 0.335 e. The topological polar surface area (TPSA) is 86.9 Å². The molecule has 0 amide bonds. The summed E-state index contributed by atoms with van der Waals surface area (Å²) < 4.78 is 0. The van der Waals surface area contributed by atoms with Crippen molar-refractivity contribution < 1.29 is 9.90 Å². The molecule has 0 spiro atoms. The van der Waals surface area contributed by atoms with Gasteiger partial charge in [0.1, 0.15) is 6.07 Å². The molecule has 2 aromatic rings. The van der Waals surface area contributed by atoms with Crippen molar-refractivity contribution in [2.45, 2.75) is 0 Å². The smallest absolute Gasteiger partial charge is 0.335 e. The lowest BCUT2D eigenvalue weighted by molar-refractivity contribution is 0.0697. The van der Waals surface area contributed by atoms with E-state index < -0.39 is 5.97 Å². The van der Waals surface area contributed by atoms with Crippen molar-refractivity contribution in [3.8, 4) is 6.07 Å². The Balaban J connectivity index is 0.000000171. The van der Waals surface area contributed by atoms with Gasteiger partial charge in [0.2, 0.25) is 5.82 Å². The molecule has 0 aliphatic heterocycles. The van der Waals surface area contributed by atoms with E-state index in [9.17, 15) is 4.79 Å². The zero-order valence-electron chi connectivity index (χ0n) is 8.82. The van der Waals surface area contributed by atoms with Gasteiger partial charge in [0.25, 0.3) is 0 Å². The zero-order chi connectivity index (χ0) is 12.5. The minimum Gasteiger partial charge on any atom is -0.478 e. The summed E-state index contributed by atoms with van der Waals surface area (Å²) in [4.78, 5) is 17.5. The van der Waals surface area contributed by atoms with E-state index >= 15 is 0 Å². The summed E-state index contributed by atoms with van der Waals surface area (Å²) in [6.07, 6.45) is 3.07. The first kappa shape index (κ1) is 12.3. The monoisotopic (exact) mass is 227 g/mol. The van der Waals surface area contributed by atoms with Crippen LogP contribution in [0.15, 0.2) is 48.8 Å². The zero-order valence-corrected chi connectivity index (χ0v) is 8.82. The van der Waals surface area contributed by atoms with Gasteiger partial charge in [-0.2, -0.15) is 5.26 Å². The van der Waals surface area contributed by atoms with Gasteiger partial charge in [0, 0.05) is 12.4 Å². The maximum absolute atomic E-state index is 10.2. The molecule has 0 unspecified atom stereocenters. The standard InChI is InChI=1S/C7H6O2.C5H3N3/c8-7(9)6-4-2-1-3-5-6;6-4-5-7-2-1-3-8-5/h1-5H,(H,8,9);1-3H. The summed E-state index contributed by atoms with van der Waals surface area (Å²) in [7, 11) is 0. The Morgan fingerprint density at radius 2 is 1.71 bits per heavy atom. The van der Waals surface area contributed by atoms with Gasteiger partial charge < -0.3 is 5.11 Å². The average Bonchev–Trinajstić information content (AvgIpc) is 2.41. The molecule has 0 bridgehead atoms. The van der Waals surface area contributed by atoms with Crippen LogP contribution in [-0.4, -0.2) is 21.0 Å². The number of aromatic nitrogens is 2. The number of carbonyl (C=O) groups is 1. The predicted molar refractivity (Wildman–Crippen MR) is 60.1 cm³/mol. The van der Waals surface area contributed by atoms with E-state index in [1.165, 1.54) is 12.4 Å². The van der Waals surface area contributed by atoms with E-state index in [0.717, 1.165) is 0 Å². The Morgan fingerprint density at radius 1 is 1.12 bits per heavy atom. The van der Waals surface area contributed by atoms with Gasteiger partial charge in [-0.05, 0) is 18.2 Å². The van der Waals surface area contributed by atoms with Crippen molar-refractivity contribution in [2.24, 2.45) is 0 Å². The average molecular weight is 227 g/mol. The molecule has 5 heteroatoms. The molecule has 2 rings (SSSR count). The van der Waals surface area contributed by atoms with Crippen molar-refractivity contribution in [2.75, 3.05) is 0 Å². The molecular weight excluding hydrogens is 218 g/mol. The molecule has 1 aromatic carbocycles. The summed E-state index contributed by atoms with van der Waals surface area (Å²) >= 11 is 0. The number of aromatic carboxylic acids is 1. The number of hydrogen-bond acceptors (Lipinski definition) is 4. The fourth-order valence-electron chi connectivity index (χ4n) is 0.938. The number of rotatable bonds is 1. The van der Waals surface area contributed by atoms with Crippen LogP contribution in [0.4, 0.5) is 0 Å². The third-order valence-electron chi connectivity index (χ3n) is 1.69. The van der Waals surface area contributed by atoms with Crippen LogP contribution in [0.25, 0.3) is 0 Å². The fraction of sp³-hybridized carbons (Fsp3) is 0. The van der Waals surface area contributed by atoms with Crippen LogP contribution >= 0.6 is 0 Å². The third kappa shape index (κ3) is 4.53. The Labute approximate surface area is 98.0 Å². The minimum absolute atomic E-state index is 0.215. The van der Waals surface area contributed by atoms with E-state index in [4.69, 9.17) is 10.4 Å². The van der Waals surface area contributed by atoms with Gasteiger partial charge in [-0.1, -0.05) is 18.2 Å². The quantitative estimate of drug-likeness (QED) is 0.801. The number of nitriles is 1. The van der Waals surface area contributed by atoms with Crippen molar-refractivity contribution in [1.82, 2.24) is 9.97 Å². The van der Waals surface area contributed by atoms with E-state index in [2.05, 4.69) is 9.97 Å². The highest BCUT2D eigenvalue weighted by molar-refractivity contribution is 5.87. The minimum atomic E-state index is -0.879. The van der Waals surface area contributed by atoms with Crippen LogP contribution in [0.2, 0.25) is 0 Å². The highest BCUT2D eigenvalue weighted by atomic mass is 16.4. The van der Waals surface area contributed by atoms with Crippen LogP contribution in [0, 0.1) is 11.3 Å². The number of hydrogen-bond donors (Lipinski definition) is 1. The van der Waals surface area contributed by atoms with E-state index in [1.54, 1.807) is 42.5 Å². The summed E-state index contributed by atoms with van der Waals surface area (Å²) in [6, 6.07) is 11.8. The van der Waals surface area contributed by atoms with Crippen molar-refractivity contribution in [3.05, 3.63) is 60.2 Å². The molecule has 0 radical (unpaired) electrons. The first-order valence-electron chi connectivity index (χ1n) is 4.69. The number of benzene rings is 1. The van der Waals surface area contributed by atoms with Crippen molar-refractivity contribution in [1.29, 1.82) is 5.26 Å². The molecular formula is C12H9N3O2. The Hall–Kier alpha value is -2.74. The SMILES string of the molecule is N#Cc1ncccn1.O=C(O)c1ccccc1. The first-order chi connectivity index (χ1) is 8.24. The van der Waals surface area contributed by atoms with Crippen LogP contribution in [0.1, 0.15) is 16.2 Å². The molecule has 1 N–H and O–H groups in total. The highest BCUT2D eigenvalue weighted by Crippen LogP contribution is 1.96. The molecule has 0 atom stereocenters. The molecule has 84 valence electrons. The highest BCUT2D eigenvalue weighted by Gasteiger charge is 1.96. The first-order valence-corrected chi connectivity index (χ1v) is 4.69. The normalized spacial score (nSPS) is 8.41. The molecule has 17 heavy (non-hydrogen) atoms. The lowest BCUT2D eigenvalue weighted by atomic mass is 10.2. The lowest BCUT2D eigenvalue weighted by Gasteiger charge is -1.88. The van der Waals surface area contributed by atoms with Gasteiger partial charge >= 0.3 is 5.97 Å². The summed E-state index contributed by atoms with van der Waals surface area (Å²) in [5.41, 5.74) is 0.331. The number of nitrogens with zero attached hydrogens (tertiary/aromatic N) is 3. The van der Waals surface area contributed by atoms with Crippen LogP contribution < -0.4 is 0 Å². The molecule has 5 nitrogen and oxygen atoms in total. The summed E-state index contributed by atoms with van der Waals surface area (Å²) in [5, 5.41) is 16.5. The van der Waals surface area contributed by atoms with Gasteiger partial charge in [-0.15, -0.1) is 0 Å². The van der Waals surface area contributed by atoms with E-state index in [0.29, 0.717) is 5.56 Å². The Morgan fingerprint density at radius 3 is 2.06 bits per heavy atom. The molecule has 0 aliphatic carbocycles. The molecule has 1 heterocycles. The largest absolute Gasteiger partial charge is 0.478 e. The van der Waals surface area contributed by atoms with Gasteiger partial charge in [-0.3, -0.25) is 0 Å². The molecule has 0 aliphatic rings. The van der Waals surface area contributed by atoms with E-state index in [1.807, 2.05) is 0 Å². The van der Waals surface area contributed by atoms with Crippen molar-refractivity contribution in [3.63, 3.8) is 0 Å².